The molecule has 0 fully saturated rings. The maximum absolute atomic E-state index is 12.8. The van der Waals surface area contributed by atoms with Crippen molar-refractivity contribution in [1.29, 1.82) is 0 Å². The lowest BCUT2D eigenvalue weighted by Crippen LogP contribution is -2.30. The van der Waals surface area contributed by atoms with Crippen LogP contribution in [0.25, 0.3) is 0 Å². The van der Waals surface area contributed by atoms with Crippen molar-refractivity contribution < 1.29 is 28.6 Å². The molecule has 0 aromatic carbocycles. The van der Waals surface area contributed by atoms with Gasteiger partial charge in [-0.15, -0.1) is 0 Å². The van der Waals surface area contributed by atoms with E-state index in [9.17, 15) is 14.4 Å². The molecule has 0 radical (unpaired) electrons. The lowest BCUT2D eigenvalue weighted by atomic mass is 9.99. The van der Waals surface area contributed by atoms with E-state index in [0.717, 1.165) is 63.7 Å². The molecule has 0 aromatic rings. The molecule has 0 saturated heterocycles. The molecule has 0 saturated carbocycles. The zero-order chi connectivity index (χ0) is 43.8. The normalized spacial score (nSPS) is 12.4. The van der Waals surface area contributed by atoms with Crippen LogP contribution >= 0.6 is 0 Å². The summed E-state index contributed by atoms with van der Waals surface area (Å²) in [6, 6.07) is 0. The van der Waals surface area contributed by atoms with Gasteiger partial charge in [0.15, 0.2) is 6.10 Å². The maximum atomic E-state index is 12.8. The van der Waals surface area contributed by atoms with Crippen LogP contribution in [0.1, 0.15) is 304 Å². The summed E-state index contributed by atoms with van der Waals surface area (Å²) < 4.78 is 16.8. The molecule has 0 bridgehead atoms. The summed E-state index contributed by atoms with van der Waals surface area (Å²) in [7, 11) is 0. The zero-order valence-electron chi connectivity index (χ0n) is 40.9. The van der Waals surface area contributed by atoms with Crippen molar-refractivity contribution in [3.05, 3.63) is 0 Å². The smallest absolute Gasteiger partial charge is 0.306 e. The van der Waals surface area contributed by atoms with E-state index in [0.29, 0.717) is 19.3 Å². The van der Waals surface area contributed by atoms with Crippen molar-refractivity contribution in [2.45, 2.75) is 310 Å². The van der Waals surface area contributed by atoms with E-state index in [1.165, 1.54) is 199 Å². The number of carbonyl (C=O) groups is 3. The van der Waals surface area contributed by atoms with Crippen LogP contribution < -0.4 is 0 Å². The van der Waals surface area contributed by atoms with E-state index in [1.807, 2.05) is 0 Å². The van der Waals surface area contributed by atoms with Crippen LogP contribution in [0, 0.1) is 5.92 Å². The molecule has 0 aliphatic rings. The predicted molar refractivity (Wildman–Crippen MR) is 257 cm³/mol. The highest BCUT2D eigenvalue weighted by Crippen LogP contribution is 2.18. The third kappa shape index (κ3) is 45.9. The molecule has 0 aliphatic heterocycles. The van der Waals surface area contributed by atoms with Crippen molar-refractivity contribution in [2.75, 3.05) is 13.2 Å². The topological polar surface area (TPSA) is 78.9 Å². The molecule has 6 heteroatoms. The minimum Gasteiger partial charge on any atom is -0.462 e. The van der Waals surface area contributed by atoms with E-state index in [2.05, 4.69) is 27.7 Å². The Morgan fingerprint density at radius 2 is 0.583 bits per heavy atom. The van der Waals surface area contributed by atoms with Gasteiger partial charge >= 0.3 is 17.9 Å². The summed E-state index contributed by atoms with van der Waals surface area (Å²) >= 11 is 0. The first-order valence-electron chi connectivity index (χ1n) is 26.9. The Labute approximate surface area is 374 Å². The summed E-state index contributed by atoms with van der Waals surface area (Å²) in [5, 5.41) is 0. The number of hydrogen-bond acceptors (Lipinski definition) is 6. The van der Waals surface area contributed by atoms with Crippen LogP contribution in [-0.2, 0) is 28.6 Å². The fourth-order valence-electron chi connectivity index (χ4n) is 8.19. The van der Waals surface area contributed by atoms with E-state index >= 15 is 0 Å². The molecule has 0 heterocycles. The lowest BCUT2D eigenvalue weighted by molar-refractivity contribution is -0.167. The highest BCUT2D eigenvalue weighted by molar-refractivity contribution is 5.71. The Kier molecular flexibility index (Phi) is 47.2. The van der Waals surface area contributed by atoms with Crippen molar-refractivity contribution in [2.24, 2.45) is 5.92 Å². The van der Waals surface area contributed by atoms with Gasteiger partial charge in [0, 0.05) is 19.3 Å². The maximum Gasteiger partial charge on any atom is 0.306 e. The molecule has 0 spiro atoms. The molecule has 0 amide bonds. The Morgan fingerprint density at radius 1 is 0.333 bits per heavy atom. The SMILES string of the molecule is CCCCCCCCCCCCCCCCCC(=O)OC[C@@H](COC(=O)CCCCCCCCCCC(C)CC)OC(=O)CCCCCCCCCCCCCCCCC. The fraction of sp³-hybridized carbons (Fsp3) is 0.944. The van der Waals surface area contributed by atoms with Gasteiger partial charge in [0.25, 0.3) is 0 Å². The number of unbranched alkanes of at least 4 members (excludes halogenated alkanes) is 35. The second-order valence-corrected chi connectivity index (χ2v) is 18.8. The van der Waals surface area contributed by atoms with Crippen LogP contribution in [0.15, 0.2) is 0 Å². The third-order valence-electron chi connectivity index (χ3n) is 12.7. The monoisotopic (exact) mass is 849 g/mol. The van der Waals surface area contributed by atoms with Crippen molar-refractivity contribution in [3.63, 3.8) is 0 Å². The summed E-state index contributed by atoms with van der Waals surface area (Å²) in [6.07, 6.45) is 50.8. The molecule has 0 N–H and O–H groups in total. The molecular weight excluding hydrogens is 745 g/mol. The molecule has 60 heavy (non-hydrogen) atoms. The molecule has 2 atom stereocenters. The Balaban J connectivity index is 4.31. The van der Waals surface area contributed by atoms with Gasteiger partial charge < -0.3 is 14.2 Å². The highest BCUT2D eigenvalue weighted by atomic mass is 16.6. The van der Waals surface area contributed by atoms with Crippen molar-refractivity contribution in [1.82, 2.24) is 0 Å². The number of esters is 3. The standard InChI is InChI=1S/C54H104O6/c1-5-8-10-12-14-16-18-20-22-24-26-28-33-37-41-45-52(55)58-48-51(49-59-53(56)46-42-38-34-31-30-32-36-40-44-50(4)7-3)60-54(57)47-43-39-35-29-27-25-23-21-19-17-15-13-11-9-6-2/h50-51H,5-49H2,1-4H3/t50?,51-/m0/s1. The zero-order valence-corrected chi connectivity index (χ0v) is 40.9. The summed E-state index contributed by atoms with van der Waals surface area (Å²) in [6.45, 7) is 9.04. The molecule has 1 unspecified atom stereocenters. The quantitative estimate of drug-likeness (QED) is 0.0345. The van der Waals surface area contributed by atoms with Crippen LogP contribution in [0.3, 0.4) is 0 Å². The van der Waals surface area contributed by atoms with E-state index < -0.39 is 6.10 Å². The first-order valence-corrected chi connectivity index (χ1v) is 26.9. The summed E-state index contributed by atoms with van der Waals surface area (Å²) in [4.78, 5) is 38.0. The predicted octanol–water partition coefficient (Wildman–Crippen LogP) is 17.5. The van der Waals surface area contributed by atoms with Gasteiger partial charge in [-0.25, -0.2) is 0 Å². The average Bonchev–Trinajstić information content (AvgIpc) is 3.25. The van der Waals surface area contributed by atoms with E-state index in [4.69, 9.17) is 14.2 Å². The first-order chi connectivity index (χ1) is 29.4. The molecule has 356 valence electrons. The van der Waals surface area contributed by atoms with Gasteiger partial charge in [0.05, 0.1) is 0 Å². The summed E-state index contributed by atoms with van der Waals surface area (Å²) in [5.74, 6) is 0.00557. The molecular formula is C54H104O6. The Hall–Kier alpha value is -1.59. The Morgan fingerprint density at radius 3 is 0.867 bits per heavy atom. The van der Waals surface area contributed by atoms with Gasteiger partial charge in [-0.2, -0.15) is 0 Å². The van der Waals surface area contributed by atoms with Crippen LogP contribution in [0.4, 0.5) is 0 Å². The van der Waals surface area contributed by atoms with Gasteiger partial charge in [-0.1, -0.05) is 265 Å². The Bertz CT molecular complexity index is 905. The highest BCUT2D eigenvalue weighted by Gasteiger charge is 2.19. The van der Waals surface area contributed by atoms with Gasteiger partial charge in [0.1, 0.15) is 13.2 Å². The molecule has 0 aliphatic carbocycles. The number of ether oxygens (including phenoxy) is 3. The van der Waals surface area contributed by atoms with Crippen molar-refractivity contribution in [3.8, 4) is 0 Å². The third-order valence-corrected chi connectivity index (χ3v) is 12.7. The largest absolute Gasteiger partial charge is 0.462 e. The van der Waals surface area contributed by atoms with Gasteiger partial charge in [-0.05, 0) is 25.2 Å². The fourth-order valence-corrected chi connectivity index (χ4v) is 8.19. The minimum atomic E-state index is -0.761. The first kappa shape index (κ1) is 58.4. The summed E-state index contributed by atoms with van der Waals surface area (Å²) in [5.41, 5.74) is 0. The lowest BCUT2D eigenvalue weighted by Gasteiger charge is -2.18. The van der Waals surface area contributed by atoms with Gasteiger partial charge in [0.2, 0.25) is 0 Å². The minimum absolute atomic E-state index is 0.0627. The molecule has 6 nitrogen and oxygen atoms in total. The van der Waals surface area contributed by atoms with E-state index in [1.54, 1.807) is 0 Å². The van der Waals surface area contributed by atoms with Crippen molar-refractivity contribution >= 4 is 17.9 Å². The van der Waals surface area contributed by atoms with Crippen LogP contribution in [-0.4, -0.2) is 37.2 Å². The number of hydrogen-bond donors (Lipinski definition) is 0. The number of rotatable bonds is 49. The average molecular weight is 849 g/mol. The molecule has 0 aromatic heterocycles. The van der Waals surface area contributed by atoms with Gasteiger partial charge in [-0.3, -0.25) is 14.4 Å². The second-order valence-electron chi connectivity index (χ2n) is 18.8. The van der Waals surface area contributed by atoms with E-state index in [-0.39, 0.29) is 31.1 Å². The second kappa shape index (κ2) is 48.4. The number of carbonyl (C=O) groups excluding carboxylic acids is 3. The molecule has 0 rings (SSSR count). The van der Waals surface area contributed by atoms with Crippen LogP contribution in [0.5, 0.6) is 0 Å². The van der Waals surface area contributed by atoms with Crippen LogP contribution in [0.2, 0.25) is 0 Å².